The molecule has 0 saturated carbocycles. The minimum Gasteiger partial charge on any atom is -0.355 e. The number of hydrogen-bond acceptors (Lipinski definition) is 3. The molecule has 0 spiro atoms. The average molecular weight is 478 g/mol. The van der Waals surface area contributed by atoms with Gasteiger partial charge in [0.2, 0.25) is 0 Å². The van der Waals surface area contributed by atoms with Crippen LogP contribution in [0.3, 0.4) is 0 Å². The third-order valence-electron chi connectivity index (χ3n) is 5.39. The van der Waals surface area contributed by atoms with E-state index in [4.69, 9.17) is 4.98 Å². The molecule has 170 valence electrons. The van der Waals surface area contributed by atoms with Gasteiger partial charge in [0.25, 0.3) is 5.56 Å². The van der Waals surface area contributed by atoms with E-state index in [0.717, 1.165) is 23.3 Å². The predicted molar refractivity (Wildman–Crippen MR) is 128 cm³/mol. The largest absolute Gasteiger partial charge is 0.416 e. The summed E-state index contributed by atoms with van der Waals surface area (Å²) in [7, 11) is 0. The molecule has 0 aliphatic heterocycles. The van der Waals surface area contributed by atoms with Gasteiger partial charge in [-0.1, -0.05) is 78.5 Å². The fourth-order valence-corrected chi connectivity index (χ4v) is 4.71. The van der Waals surface area contributed by atoms with Gasteiger partial charge in [-0.25, -0.2) is 4.98 Å². The number of aromatic amines is 1. The lowest BCUT2D eigenvalue weighted by atomic mass is 10.1. The Balaban J connectivity index is 1.62. The molecule has 2 aromatic heterocycles. The van der Waals surface area contributed by atoms with E-state index in [1.807, 2.05) is 48.5 Å². The summed E-state index contributed by atoms with van der Waals surface area (Å²) in [6, 6.07) is 23.9. The number of rotatable bonds is 5. The molecule has 0 saturated heterocycles. The van der Waals surface area contributed by atoms with Crippen molar-refractivity contribution in [1.82, 2.24) is 14.5 Å². The Morgan fingerprint density at radius 3 is 2.32 bits per heavy atom. The zero-order valence-electron chi connectivity index (χ0n) is 17.7. The van der Waals surface area contributed by atoms with Gasteiger partial charge < -0.3 is 4.98 Å². The molecule has 0 fully saturated rings. The second-order valence-electron chi connectivity index (χ2n) is 7.65. The van der Waals surface area contributed by atoms with Crippen molar-refractivity contribution in [3.8, 4) is 16.8 Å². The Morgan fingerprint density at radius 1 is 0.912 bits per heavy atom. The normalized spacial score (nSPS) is 11.7. The van der Waals surface area contributed by atoms with Crippen molar-refractivity contribution in [3.63, 3.8) is 0 Å². The van der Waals surface area contributed by atoms with Crippen LogP contribution in [0.1, 0.15) is 11.1 Å². The van der Waals surface area contributed by atoms with E-state index < -0.39 is 11.7 Å². The smallest absolute Gasteiger partial charge is 0.355 e. The first-order valence-electron chi connectivity index (χ1n) is 10.5. The summed E-state index contributed by atoms with van der Waals surface area (Å²) in [6.45, 7) is 0. The molecule has 0 bridgehead atoms. The van der Waals surface area contributed by atoms with Crippen LogP contribution in [0.4, 0.5) is 13.2 Å². The van der Waals surface area contributed by atoms with Crippen molar-refractivity contribution in [3.05, 3.63) is 113 Å². The van der Waals surface area contributed by atoms with Gasteiger partial charge >= 0.3 is 6.18 Å². The van der Waals surface area contributed by atoms with Crippen LogP contribution in [0.25, 0.3) is 27.8 Å². The fourth-order valence-electron chi connectivity index (χ4n) is 3.76. The van der Waals surface area contributed by atoms with Crippen LogP contribution in [0.15, 0.2) is 101 Å². The van der Waals surface area contributed by atoms with Gasteiger partial charge in [0.15, 0.2) is 5.16 Å². The maximum Gasteiger partial charge on any atom is 0.416 e. The average Bonchev–Trinajstić information content (AvgIpc) is 3.28. The molecule has 5 rings (SSSR count). The first-order valence-corrected chi connectivity index (χ1v) is 11.4. The van der Waals surface area contributed by atoms with E-state index >= 15 is 0 Å². The van der Waals surface area contributed by atoms with Crippen LogP contribution in [-0.2, 0) is 11.9 Å². The van der Waals surface area contributed by atoms with Crippen LogP contribution >= 0.6 is 11.8 Å². The number of H-pyrrole nitrogens is 1. The van der Waals surface area contributed by atoms with Crippen LogP contribution in [0, 0.1) is 0 Å². The van der Waals surface area contributed by atoms with Crippen LogP contribution in [0.5, 0.6) is 0 Å². The number of hydrogen-bond donors (Lipinski definition) is 1. The lowest BCUT2D eigenvalue weighted by Gasteiger charge is -2.13. The number of thioether (sulfide) groups is 1. The van der Waals surface area contributed by atoms with Gasteiger partial charge in [-0.05, 0) is 29.3 Å². The highest BCUT2D eigenvalue weighted by atomic mass is 32.2. The van der Waals surface area contributed by atoms with Crippen LogP contribution < -0.4 is 5.56 Å². The number of nitrogens with one attached hydrogen (secondary N) is 1. The van der Waals surface area contributed by atoms with Gasteiger partial charge in [-0.15, -0.1) is 0 Å². The van der Waals surface area contributed by atoms with Crippen molar-refractivity contribution in [1.29, 1.82) is 0 Å². The molecule has 34 heavy (non-hydrogen) atoms. The van der Waals surface area contributed by atoms with Gasteiger partial charge in [0, 0.05) is 17.5 Å². The van der Waals surface area contributed by atoms with E-state index in [9.17, 15) is 18.0 Å². The summed E-state index contributed by atoms with van der Waals surface area (Å²) < 4.78 is 40.9. The first kappa shape index (κ1) is 22.0. The van der Waals surface area contributed by atoms with Crippen molar-refractivity contribution in [2.75, 3.05) is 0 Å². The van der Waals surface area contributed by atoms with Crippen molar-refractivity contribution >= 4 is 22.8 Å². The lowest BCUT2D eigenvalue weighted by molar-refractivity contribution is -0.137. The summed E-state index contributed by atoms with van der Waals surface area (Å²) >= 11 is 1.22. The highest BCUT2D eigenvalue weighted by molar-refractivity contribution is 7.98. The zero-order valence-corrected chi connectivity index (χ0v) is 18.5. The summed E-state index contributed by atoms with van der Waals surface area (Å²) in [5, 5.41) is 0.401. The number of halogens is 3. The molecule has 0 atom stereocenters. The molecule has 0 aliphatic carbocycles. The molecule has 3 aromatic carbocycles. The van der Waals surface area contributed by atoms with Gasteiger partial charge in [-0.3, -0.25) is 9.36 Å². The SMILES string of the molecule is O=c1c2[nH]cc(-c3ccccc3)c2nc(SCc2cccc(C(F)(F)F)c2)n1-c1ccccc1. The Kier molecular flexibility index (Phi) is 5.75. The Labute approximate surface area is 197 Å². The molecule has 2 heterocycles. The molecule has 0 aliphatic rings. The fraction of sp³-hybridized carbons (Fsp3) is 0.0769. The highest BCUT2D eigenvalue weighted by Crippen LogP contribution is 2.32. The van der Waals surface area contributed by atoms with E-state index in [1.165, 1.54) is 22.4 Å². The number of fused-ring (bicyclic) bond motifs is 1. The summed E-state index contributed by atoms with van der Waals surface area (Å²) in [4.78, 5) is 21.4. The molecule has 8 heteroatoms. The molecular formula is C26H18F3N3OS. The van der Waals surface area contributed by atoms with Gasteiger partial charge in [0.05, 0.1) is 11.3 Å². The van der Waals surface area contributed by atoms with Crippen molar-refractivity contribution < 1.29 is 13.2 Å². The van der Waals surface area contributed by atoms with Crippen molar-refractivity contribution in [2.45, 2.75) is 17.1 Å². The molecule has 0 amide bonds. The second-order valence-corrected chi connectivity index (χ2v) is 8.59. The summed E-state index contributed by atoms with van der Waals surface area (Å²) in [6.07, 6.45) is -2.66. The first-order chi connectivity index (χ1) is 16.4. The van der Waals surface area contributed by atoms with Crippen molar-refractivity contribution in [2.24, 2.45) is 0 Å². The summed E-state index contributed by atoms with van der Waals surface area (Å²) in [5.74, 6) is 0.222. The third kappa shape index (κ3) is 4.24. The van der Waals surface area contributed by atoms with Crippen LogP contribution in [0.2, 0.25) is 0 Å². The lowest BCUT2D eigenvalue weighted by Crippen LogP contribution is -2.21. The number of benzene rings is 3. The standard InChI is InChI=1S/C26H18F3N3OS/c27-26(28,29)19-11-7-8-17(14-19)16-34-25-31-22-21(18-9-3-1-4-10-18)15-30-23(22)24(33)32(25)20-12-5-2-6-13-20/h1-15,30H,16H2. The second kappa shape index (κ2) is 8.87. The quantitative estimate of drug-likeness (QED) is 0.227. The monoisotopic (exact) mass is 477 g/mol. The maximum absolute atomic E-state index is 13.5. The Bertz CT molecular complexity index is 1510. The van der Waals surface area contributed by atoms with Gasteiger partial charge in [-0.2, -0.15) is 13.2 Å². The summed E-state index contributed by atoms with van der Waals surface area (Å²) in [5.41, 5.74) is 2.73. The molecule has 5 aromatic rings. The minimum absolute atomic E-state index is 0.222. The van der Waals surface area contributed by atoms with E-state index in [0.29, 0.717) is 27.4 Å². The van der Waals surface area contributed by atoms with E-state index in [-0.39, 0.29) is 11.3 Å². The number of para-hydroxylation sites is 1. The molecular weight excluding hydrogens is 459 g/mol. The molecule has 0 unspecified atom stereocenters. The molecule has 4 nitrogen and oxygen atoms in total. The Morgan fingerprint density at radius 2 is 1.62 bits per heavy atom. The molecule has 1 N–H and O–H groups in total. The predicted octanol–water partition coefficient (Wildman–Crippen LogP) is 6.69. The number of nitrogens with zero attached hydrogens (tertiary/aromatic N) is 2. The number of aromatic nitrogens is 3. The minimum atomic E-state index is -4.42. The maximum atomic E-state index is 13.5. The van der Waals surface area contributed by atoms with E-state index in [2.05, 4.69) is 4.98 Å². The zero-order chi connectivity index (χ0) is 23.7. The third-order valence-corrected chi connectivity index (χ3v) is 6.40. The highest BCUT2D eigenvalue weighted by Gasteiger charge is 2.30. The van der Waals surface area contributed by atoms with Gasteiger partial charge in [0.1, 0.15) is 11.0 Å². The Hall–Kier alpha value is -3.78. The number of alkyl halides is 3. The van der Waals surface area contributed by atoms with E-state index in [1.54, 1.807) is 24.4 Å². The van der Waals surface area contributed by atoms with Crippen LogP contribution in [-0.4, -0.2) is 14.5 Å². The topological polar surface area (TPSA) is 50.7 Å². The molecule has 0 radical (unpaired) electrons.